The van der Waals surface area contributed by atoms with Crippen LogP contribution in [0.5, 0.6) is 0 Å². The molecule has 2 saturated heterocycles. The maximum Gasteiger partial charge on any atom is 0.335 e. The third-order valence-corrected chi connectivity index (χ3v) is 6.68. The minimum Gasteiger partial charge on any atom is -0.478 e. The van der Waals surface area contributed by atoms with Crippen LogP contribution in [0.2, 0.25) is 0 Å². The summed E-state index contributed by atoms with van der Waals surface area (Å²) < 4.78 is 6.25. The minimum atomic E-state index is -0.890. The fraction of sp³-hybridized carbons (Fsp3) is 0.375. The van der Waals surface area contributed by atoms with Gasteiger partial charge in [0.05, 0.1) is 11.6 Å². The van der Waals surface area contributed by atoms with Crippen molar-refractivity contribution in [3.63, 3.8) is 0 Å². The summed E-state index contributed by atoms with van der Waals surface area (Å²) >= 11 is 0. The maximum atomic E-state index is 11.2. The molecule has 0 radical (unpaired) electrons. The van der Waals surface area contributed by atoms with Crippen molar-refractivity contribution in [2.45, 2.75) is 44.9 Å². The van der Waals surface area contributed by atoms with Gasteiger partial charge in [-0.1, -0.05) is 18.2 Å². The van der Waals surface area contributed by atoms with E-state index < -0.39 is 5.97 Å². The third-order valence-electron chi connectivity index (χ3n) is 6.68. The number of likely N-dealkylation sites (tertiary alicyclic amines) is 1. The van der Waals surface area contributed by atoms with Gasteiger partial charge in [-0.3, -0.25) is 4.90 Å². The first-order valence-corrected chi connectivity index (χ1v) is 10.3. The van der Waals surface area contributed by atoms with Gasteiger partial charge in [-0.2, -0.15) is 0 Å². The van der Waals surface area contributed by atoms with Crippen molar-refractivity contribution in [2.75, 3.05) is 13.2 Å². The van der Waals surface area contributed by atoms with Crippen LogP contribution >= 0.6 is 0 Å². The summed E-state index contributed by atoms with van der Waals surface area (Å²) in [6.45, 7) is 6.91. The summed E-state index contributed by atoms with van der Waals surface area (Å²) in [5, 5.41) is 10.5. The molecule has 2 aliphatic rings. The van der Waals surface area contributed by atoms with Crippen molar-refractivity contribution < 1.29 is 14.6 Å². The number of aromatic carboxylic acids is 1. The quantitative estimate of drug-likeness (QED) is 0.684. The van der Waals surface area contributed by atoms with Crippen LogP contribution in [-0.2, 0) is 11.3 Å². The number of fused-ring (bicyclic) bond motifs is 1. The Kier molecular flexibility index (Phi) is 4.26. The van der Waals surface area contributed by atoms with E-state index >= 15 is 0 Å². The summed E-state index contributed by atoms with van der Waals surface area (Å²) in [5.41, 5.74) is 6.46. The number of aromatic amines is 1. The highest BCUT2D eigenvalue weighted by Crippen LogP contribution is 2.51. The highest BCUT2D eigenvalue weighted by Gasteiger charge is 2.55. The van der Waals surface area contributed by atoms with Crippen LogP contribution in [0.3, 0.4) is 0 Å². The Hall–Kier alpha value is -2.63. The highest BCUT2D eigenvalue weighted by atomic mass is 16.5. The molecule has 3 aromatic rings. The number of nitrogens with zero attached hydrogens (tertiary/aromatic N) is 1. The van der Waals surface area contributed by atoms with Gasteiger partial charge in [-0.05, 0) is 67.1 Å². The molecule has 150 valence electrons. The van der Waals surface area contributed by atoms with E-state index in [0.717, 1.165) is 38.1 Å². The number of hydrogen-bond acceptors (Lipinski definition) is 3. The zero-order valence-electron chi connectivity index (χ0n) is 16.9. The molecule has 2 atom stereocenters. The van der Waals surface area contributed by atoms with Crippen LogP contribution in [-0.4, -0.2) is 39.7 Å². The van der Waals surface area contributed by atoms with Gasteiger partial charge in [0.25, 0.3) is 0 Å². The molecule has 1 aromatic heterocycles. The van der Waals surface area contributed by atoms with Crippen molar-refractivity contribution in [1.29, 1.82) is 0 Å². The number of ether oxygens (including phenoxy) is 1. The summed E-state index contributed by atoms with van der Waals surface area (Å²) in [5.74, 6) is -0.890. The molecule has 3 heterocycles. The zero-order valence-corrected chi connectivity index (χ0v) is 16.9. The van der Waals surface area contributed by atoms with E-state index in [1.54, 1.807) is 12.1 Å². The molecule has 0 saturated carbocycles. The van der Waals surface area contributed by atoms with Gasteiger partial charge < -0.3 is 14.8 Å². The third kappa shape index (κ3) is 2.88. The van der Waals surface area contributed by atoms with E-state index in [9.17, 15) is 9.90 Å². The number of aromatic nitrogens is 1. The van der Waals surface area contributed by atoms with Crippen LogP contribution in [0, 0.1) is 13.8 Å². The Labute approximate surface area is 170 Å². The van der Waals surface area contributed by atoms with Crippen molar-refractivity contribution in [3.05, 3.63) is 70.4 Å². The van der Waals surface area contributed by atoms with E-state index in [-0.39, 0.29) is 11.6 Å². The number of hydrogen-bond donors (Lipinski definition) is 2. The first-order chi connectivity index (χ1) is 14.0. The Morgan fingerprint density at radius 3 is 2.72 bits per heavy atom. The van der Waals surface area contributed by atoms with E-state index in [1.807, 2.05) is 18.3 Å². The molecule has 2 fully saturated rings. The van der Waals surface area contributed by atoms with Crippen LogP contribution in [0.25, 0.3) is 10.9 Å². The second kappa shape index (κ2) is 6.71. The van der Waals surface area contributed by atoms with E-state index in [0.29, 0.717) is 5.56 Å². The molecule has 5 rings (SSSR count). The van der Waals surface area contributed by atoms with Gasteiger partial charge in [-0.25, -0.2) is 4.79 Å². The summed E-state index contributed by atoms with van der Waals surface area (Å²) in [6.07, 6.45) is 4.16. The molecule has 2 aromatic carbocycles. The smallest absolute Gasteiger partial charge is 0.335 e. The van der Waals surface area contributed by atoms with E-state index in [1.165, 1.54) is 27.6 Å². The van der Waals surface area contributed by atoms with Gasteiger partial charge in [-0.15, -0.1) is 0 Å². The molecule has 2 N–H and O–H groups in total. The molecule has 1 spiro atoms. The lowest BCUT2D eigenvalue weighted by atomic mass is 9.76. The van der Waals surface area contributed by atoms with Gasteiger partial charge in [0, 0.05) is 36.8 Å². The molecular weight excluding hydrogens is 364 g/mol. The summed E-state index contributed by atoms with van der Waals surface area (Å²) in [4.78, 5) is 17.1. The molecule has 0 amide bonds. The molecular formula is C24H26N2O3. The average Bonchev–Trinajstić information content (AvgIpc) is 3.35. The van der Waals surface area contributed by atoms with Crippen LogP contribution < -0.4 is 0 Å². The van der Waals surface area contributed by atoms with Crippen molar-refractivity contribution in [1.82, 2.24) is 9.88 Å². The number of aryl methyl sites for hydroxylation is 2. The Morgan fingerprint density at radius 1 is 1.24 bits per heavy atom. The predicted molar refractivity (Wildman–Crippen MR) is 112 cm³/mol. The average molecular weight is 390 g/mol. The molecule has 2 unspecified atom stereocenters. The molecule has 2 aliphatic heterocycles. The SMILES string of the molecule is Cc1cc(C)c2[nH]ccc2c1CN1CC2(CCCO2)C1c1ccc(C(=O)O)cc1. The Bertz CT molecular complexity index is 1080. The maximum absolute atomic E-state index is 11.2. The lowest BCUT2D eigenvalue weighted by Gasteiger charge is -2.55. The molecule has 5 nitrogen and oxygen atoms in total. The van der Waals surface area contributed by atoms with Crippen LogP contribution in [0.1, 0.15) is 51.5 Å². The minimum absolute atomic E-state index is 0.138. The number of rotatable bonds is 4. The van der Waals surface area contributed by atoms with E-state index in [2.05, 4.69) is 35.9 Å². The normalized spacial score (nSPS) is 24.3. The van der Waals surface area contributed by atoms with Gasteiger partial charge >= 0.3 is 5.97 Å². The Morgan fingerprint density at radius 2 is 2.03 bits per heavy atom. The van der Waals surface area contributed by atoms with Gasteiger partial charge in [0.1, 0.15) is 5.60 Å². The monoisotopic (exact) mass is 390 g/mol. The first kappa shape index (κ1) is 18.4. The van der Waals surface area contributed by atoms with E-state index in [4.69, 9.17) is 4.74 Å². The number of carboxylic acids is 1. The number of H-pyrrole nitrogens is 1. The molecule has 5 heteroatoms. The highest BCUT2D eigenvalue weighted by molar-refractivity contribution is 5.88. The summed E-state index contributed by atoms with van der Waals surface area (Å²) in [6, 6.07) is 11.9. The lowest BCUT2D eigenvalue weighted by Crippen LogP contribution is -2.62. The van der Waals surface area contributed by atoms with Crippen LogP contribution in [0.15, 0.2) is 42.6 Å². The van der Waals surface area contributed by atoms with Crippen molar-refractivity contribution in [3.8, 4) is 0 Å². The standard InChI is InChI=1S/C24H26N2O3/c1-15-12-16(2)21-19(8-10-25-21)20(15)13-26-14-24(9-3-11-29-24)22(26)17-4-6-18(7-5-17)23(27)28/h4-8,10,12,22,25H,3,9,11,13-14H2,1-2H3,(H,27,28). The number of nitrogens with one attached hydrogen (secondary N) is 1. The van der Waals surface area contributed by atoms with Crippen molar-refractivity contribution in [2.24, 2.45) is 0 Å². The summed E-state index contributed by atoms with van der Waals surface area (Å²) in [7, 11) is 0. The van der Waals surface area contributed by atoms with Gasteiger partial charge in [0.2, 0.25) is 0 Å². The zero-order chi connectivity index (χ0) is 20.2. The Balaban J connectivity index is 1.50. The fourth-order valence-electron chi connectivity index (χ4n) is 5.33. The molecule has 0 bridgehead atoms. The number of benzene rings is 2. The second-order valence-corrected chi connectivity index (χ2v) is 8.51. The predicted octanol–water partition coefficient (Wildman–Crippen LogP) is 4.59. The van der Waals surface area contributed by atoms with Crippen molar-refractivity contribution >= 4 is 16.9 Å². The fourth-order valence-corrected chi connectivity index (χ4v) is 5.33. The van der Waals surface area contributed by atoms with Crippen LogP contribution in [0.4, 0.5) is 0 Å². The molecule has 0 aliphatic carbocycles. The number of carboxylic acid groups (broad SMARTS) is 1. The first-order valence-electron chi connectivity index (χ1n) is 10.3. The number of carbonyl (C=O) groups is 1. The van der Waals surface area contributed by atoms with Gasteiger partial charge in [0.15, 0.2) is 0 Å². The largest absolute Gasteiger partial charge is 0.478 e. The lowest BCUT2D eigenvalue weighted by molar-refractivity contribution is -0.168. The topological polar surface area (TPSA) is 65.6 Å². The molecule has 29 heavy (non-hydrogen) atoms. The second-order valence-electron chi connectivity index (χ2n) is 8.51.